The molecule has 1 aromatic heterocycles. The lowest BCUT2D eigenvalue weighted by molar-refractivity contribution is 0.0685. The van der Waals surface area contributed by atoms with Crippen LogP contribution in [0.3, 0.4) is 0 Å². The number of carbonyl (C=O) groups is 1. The van der Waals surface area contributed by atoms with Crippen LogP contribution in [0.1, 0.15) is 10.5 Å². The van der Waals surface area contributed by atoms with Gasteiger partial charge in [-0.3, -0.25) is 4.68 Å². The van der Waals surface area contributed by atoms with Crippen LogP contribution >= 0.6 is 0 Å². The van der Waals surface area contributed by atoms with Gasteiger partial charge in [0.2, 0.25) is 5.88 Å². The van der Waals surface area contributed by atoms with Gasteiger partial charge < -0.3 is 10.2 Å². The first kappa shape index (κ1) is 6.60. The molecule has 1 aromatic rings. The molecule has 5 heteroatoms. The second kappa shape index (κ2) is 2.02. The molecule has 1 heterocycles. The Morgan fingerprint density at radius 1 is 1.80 bits per heavy atom. The van der Waals surface area contributed by atoms with Crippen molar-refractivity contribution in [2.75, 3.05) is 0 Å². The van der Waals surface area contributed by atoms with Gasteiger partial charge in [0, 0.05) is 13.1 Å². The van der Waals surface area contributed by atoms with Gasteiger partial charge in [-0.2, -0.15) is 0 Å². The summed E-state index contributed by atoms with van der Waals surface area (Å²) < 4.78 is 1.09. The molecule has 0 aromatic carbocycles. The van der Waals surface area contributed by atoms with Gasteiger partial charge in [-0.15, -0.1) is 5.10 Å². The first-order valence-electron chi connectivity index (χ1n) is 2.57. The SMILES string of the molecule is Cn1nc(O)cc1C(=O)O. The van der Waals surface area contributed by atoms with Crippen molar-refractivity contribution in [3.05, 3.63) is 11.8 Å². The maximum atomic E-state index is 10.3. The Balaban J connectivity index is 3.15. The molecular formula is C5H6N2O3. The molecule has 0 atom stereocenters. The average Bonchev–Trinajstić information content (AvgIpc) is 2.10. The van der Waals surface area contributed by atoms with E-state index in [1.165, 1.54) is 7.05 Å². The van der Waals surface area contributed by atoms with Gasteiger partial charge in [0.05, 0.1) is 0 Å². The summed E-state index contributed by atoms with van der Waals surface area (Å²) >= 11 is 0. The zero-order chi connectivity index (χ0) is 7.72. The summed E-state index contributed by atoms with van der Waals surface area (Å²) in [5, 5.41) is 20.5. The molecule has 0 unspecified atom stereocenters. The van der Waals surface area contributed by atoms with Gasteiger partial charge >= 0.3 is 5.97 Å². The van der Waals surface area contributed by atoms with Crippen LogP contribution in [0.2, 0.25) is 0 Å². The minimum atomic E-state index is -1.10. The highest BCUT2D eigenvalue weighted by molar-refractivity contribution is 5.85. The van der Waals surface area contributed by atoms with E-state index >= 15 is 0 Å². The monoisotopic (exact) mass is 142 g/mol. The minimum Gasteiger partial charge on any atom is -0.492 e. The highest BCUT2D eigenvalue weighted by Crippen LogP contribution is 2.07. The maximum absolute atomic E-state index is 10.3. The van der Waals surface area contributed by atoms with Crippen LogP contribution in [0.15, 0.2) is 6.07 Å². The van der Waals surface area contributed by atoms with Crippen molar-refractivity contribution in [2.24, 2.45) is 7.05 Å². The van der Waals surface area contributed by atoms with E-state index in [9.17, 15) is 4.79 Å². The normalized spacial score (nSPS) is 9.70. The highest BCUT2D eigenvalue weighted by Gasteiger charge is 2.09. The summed E-state index contributed by atoms with van der Waals surface area (Å²) in [6, 6.07) is 1.09. The third-order valence-corrected chi connectivity index (χ3v) is 1.09. The van der Waals surface area contributed by atoms with Crippen LogP contribution in [-0.4, -0.2) is 26.0 Å². The number of nitrogens with zero attached hydrogens (tertiary/aromatic N) is 2. The molecule has 0 aliphatic heterocycles. The number of aryl methyl sites for hydroxylation is 1. The first-order valence-corrected chi connectivity index (χ1v) is 2.57. The molecule has 0 bridgehead atoms. The van der Waals surface area contributed by atoms with Crippen LogP contribution in [0.4, 0.5) is 0 Å². The second-order valence-electron chi connectivity index (χ2n) is 1.82. The lowest BCUT2D eigenvalue weighted by atomic mass is 10.4. The first-order chi connectivity index (χ1) is 4.61. The Labute approximate surface area is 56.5 Å². The van der Waals surface area contributed by atoms with E-state index < -0.39 is 5.97 Å². The summed E-state index contributed by atoms with van der Waals surface area (Å²) in [6.07, 6.45) is 0. The molecule has 1 rings (SSSR count). The summed E-state index contributed by atoms with van der Waals surface area (Å²) in [5.74, 6) is -1.38. The number of aromatic hydroxyl groups is 1. The third kappa shape index (κ3) is 0.928. The van der Waals surface area contributed by atoms with Crippen molar-refractivity contribution in [1.82, 2.24) is 9.78 Å². The van der Waals surface area contributed by atoms with Gasteiger partial charge in [0.25, 0.3) is 0 Å². The summed E-state index contributed by atoms with van der Waals surface area (Å²) in [4.78, 5) is 10.3. The Morgan fingerprint density at radius 2 is 2.40 bits per heavy atom. The Morgan fingerprint density at radius 3 is 2.60 bits per heavy atom. The quantitative estimate of drug-likeness (QED) is 0.570. The predicted molar refractivity (Wildman–Crippen MR) is 31.8 cm³/mol. The fourth-order valence-corrected chi connectivity index (χ4v) is 0.652. The van der Waals surface area contributed by atoms with Crippen molar-refractivity contribution in [2.45, 2.75) is 0 Å². The molecule has 0 saturated heterocycles. The van der Waals surface area contributed by atoms with E-state index in [2.05, 4.69) is 5.10 Å². The van der Waals surface area contributed by atoms with E-state index in [-0.39, 0.29) is 11.6 Å². The van der Waals surface area contributed by atoms with Crippen molar-refractivity contribution < 1.29 is 15.0 Å². The van der Waals surface area contributed by atoms with Gasteiger partial charge in [0.15, 0.2) is 0 Å². The average molecular weight is 142 g/mol. The van der Waals surface area contributed by atoms with Crippen molar-refractivity contribution in [3.63, 3.8) is 0 Å². The number of hydrogen-bond donors (Lipinski definition) is 2. The molecule has 0 spiro atoms. The standard InChI is InChI=1S/C5H6N2O3/c1-7-3(5(9)10)2-4(8)6-7/h2H,1H3,(H,6,8)(H,9,10). The van der Waals surface area contributed by atoms with Crippen LogP contribution in [0.5, 0.6) is 5.88 Å². The van der Waals surface area contributed by atoms with Gasteiger partial charge in [-0.25, -0.2) is 4.79 Å². The van der Waals surface area contributed by atoms with E-state index in [0.717, 1.165) is 10.7 Å². The largest absolute Gasteiger partial charge is 0.492 e. The number of carboxylic acids is 1. The maximum Gasteiger partial charge on any atom is 0.354 e. The minimum absolute atomic E-state index is 0.0301. The molecule has 54 valence electrons. The molecule has 5 nitrogen and oxygen atoms in total. The zero-order valence-electron chi connectivity index (χ0n) is 5.27. The van der Waals surface area contributed by atoms with Crippen LogP contribution in [0, 0.1) is 0 Å². The molecular weight excluding hydrogens is 136 g/mol. The molecule has 0 amide bonds. The van der Waals surface area contributed by atoms with Crippen molar-refractivity contribution in [3.8, 4) is 5.88 Å². The lowest BCUT2D eigenvalue weighted by Gasteiger charge is -1.90. The van der Waals surface area contributed by atoms with Gasteiger partial charge in [0.1, 0.15) is 5.69 Å². The smallest absolute Gasteiger partial charge is 0.354 e. The predicted octanol–water partition coefficient (Wildman–Crippen LogP) is -0.176. The molecule has 10 heavy (non-hydrogen) atoms. The molecule has 0 saturated carbocycles. The van der Waals surface area contributed by atoms with E-state index in [0.29, 0.717) is 0 Å². The Hall–Kier alpha value is -1.52. The van der Waals surface area contributed by atoms with E-state index in [1.54, 1.807) is 0 Å². The van der Waals surface area contributed by atoms with Crippen molar-refractivity contribution in [1.29, 1.82) is 0 Å². The summed E-state index contributed by atoms with van der Waals surface area (Å²) in [5.41, 5.74) is -0.0301. The Kier molecular flexibility index (Phi) is 1.33. The van der Waals surface area contributed by atoms with Crippen LogP contribution in [0.25, 0.3) is 0 Å². The fraction of sp³-hybridized carbons (Fsp3) is 0.200. The topological polar surface area (TPSA) is 75.3 Å². The third-order valence-electron chi connectivity index (χ3n) is 1.09. The Bertz CT molecular complexity index is 266. The summed E-state index contributed by atoms with van der Waals surface area (Å²) in [6.45, 7) is 0. The number of carboxylic acid groups (broad SMARTS) is 1. The number of aromatic nitrogens is 2. The van der Waals surface area contributed by atoms with Crippen molar-refractivity contribution >= 4 is 5.97 Å². The molecule has 2 N–H and O–H groups in total. The summed E-state index contributed by atoms with van der Waals surface area (Å²) in [7, 11) is 1.45. The molecule has 0 radical (unpaired) electrons. The zero-order valence-corrected chi connectivity index (χ0v) is 5.27. The van der Waals surface area contributed by atoms with Crippen LogP contribution in [-0.2, 0) is 7.05 Å². The number of aromatic carboxylic acids is 1. The lowest BCUT2D eigenvalue weighted by Crippen LogP contribution is -2.04. The second-order valence-corrected chi connectivity index (χ2v) is 1.82. The van der Waals surface area contributed by atoms with Crippen LogP contribution < -0.4 is 0 Å². The fourth-order valence-electron chi connectivity index (χ4n) is 0.652. The molecule has 0 aliphatic rings. The molecule has 0 fully saturated rings. The van der Waals surface area contributed by atoms with E-state index in [1.807, 2.05) is 0 Å². The highest BCUT2D eigenvalue weighted by atomic mass is 16.4. The molecule has 0 aliphatic carbocycles. The van der Waals surface area contributed by atoms with Gasteiger partial charge in [-0.05, 0) is 0 Å². The number of rotatable bonds is 1. The van der Waals surface area contributed by atoms with Gasteiger partial charge in [-0.1, -0.05) is 0 Å². The number of hydrogen-bond acceptors (Lipinski definition) is 3. The van der Waals surface area contributed by atoms with E-state index in [4.69, 9.17) is 10.2 Å².